The molecule has 4 aromatic rings. The number of aromatic amines is 1. The lowest BCUT2D eigenvalue weighted by molar-refractivity contribution is -0.115. The Hall–Kier alpha value is -3.17. The molecule has 2 heterocycles. The molecule has 164 valence electrons. The largest absolute Gasteiger partial charge is 0.497 e. The maximum atomic E-state index is 12.4. The number of aromatic nitrogens is 4. The summed E-state index contributed by atoms with van der Waals surface area (Å²) in [6.45, 7) is 5.60. The molecule has 0 aliphatic carbocycles. The first-order chi connectivity index (χ1) is 15.4. The van der Waals surface area contributed by atoms with Gasteiger partial charge in [0, 0.05) is 23.6 Å². The predicted octanol–water partition coefficient (Wildman–Crippen LogP) is 5.53. The van der Waals surface area contributed by atoms with Crippen LogP contribution in [0.25, 0.3) is 11.4 Å². The van der Waals surface area contributed by atoms with Crippen LogP contribution in [0.5, 0.6) is 5.75 Å². The Morgan fingerprint density at radius 1 is 1.16 bits per heavy atom. The number of H-pyrrole nitrogens is 1. The third-order valence-corrected chi connectivity index (χ3v) is 6.57. The van der Waals surface area contributed by atoms with E-state index in [0.29, 0.717) is 21.9 Å². The molecule has 0 atom stereocenters. The highest BCUT2D eigenvalue weighted by Gasteiger charge is 2.20. The summed E-state index contributed by atoms with van der Waals surface area (Å²) in [5.41, 5.74) is 4.87. The number of ether oxygens (including phenoxy) is 1. The van der Waals surface area contributed by atoms with E-state index >= 15 is 0 Å². The normalized spacial score (nSPS) is 10.9. The molecule has 0 saturated heterocycles. The summed E-state index contributed by atoms with van der Waals surface area (Å²) in [6, 6.07) is 13.7. The number of hydrogen-bond donors (Lipinski definition) is 1. The minimum absolute atomic E-state index is 0.0661. The van der Waals surface area contributed by atoms with Gasteiger partial charge < -0.3 is 4.74 Å². The van der Waals surface area contributed by atoms with Gasteiger partial charge in [-0.25, -0.2) is 9.97 Å². The summed E-state index contributed by atoms with van der Waals surface area (Å²) in [5.74, 6) is 2.03. The molecule has 1 N–H and O–H groups in total. The number of benzene rings is 2. The molecule has 0 unspecified atom stereocenters. The average Bonchev–Trinajstić information content (AvgIpc) is 3.44. The van der Waals surface area contributed by atoms with E-state index in [1.807, 2.05) is 55.6 Å². The molecule has 2 aromatic heterocycles. The van der Waals surface area contributed by atoms with Crippen LogP contribution in [0.2, 0.25) is 0 Å². The highest BCUT2D eigenvalue weighted by molar-refractivity contribution is 7.98. The van der Waals surface area contributed by atoms with Gasteiger partial charge in [-0.1, -0.05) is 29.5 Å². The van der Waals surface area contributed by atoms with E-state index in [2.05, 4.69) is 21.2 Å². The lowest BCUT2D eigenvalue weighted by Crippen LogP contribution is -2.23. The van der Waals surface area contributed by atoms with Crippen LogP contribution in [0.15, 0.2) is 53.0 Å². The maximum Gasteiger partial charge on any atom is 0.230 e. The fourth-order valence-corrected chi connectivity index (χ4v) is 4.93. The second-order valence-electron chi connectivity index (χ2n) is 7.25. The standard InChI is InChI=1S/C23H23N5O2S2/c1-14-5-10-20(15(2)11-14)28(16(3)29)23-24-18(13-32-23)12-31-22-25-21(26-27-22)17-6-8-19(30-4)9-7-17/h5-11,13H,12H2,1-4H3,(H,25,26,27). The molecule has 1 amide bonds. The molecular formula is C23H23N5O2S2. The molecule has 2 aromatic carbocycles. The van der Waals surface area contributed by atoms with Crippen LogP contribution in [-0.2, 0) is 10.5 Å². The minimum atomic E-state index is -0.0661. The molecule has 0 radical (unpaired) electrons. The number of nitrogens with one attached hydrogen (secondary N) is 1. The number of amides is 1. The molecular weight excluding hydrogens is 442 g/mol. The van der Waals surface area contributed by atoms with E-state index in [0.717, 1.165) is 33.8 Å². The summed E-state index contributed by atoms with van der Waals surface area (Å²) in [7, 11) is 1.64. The second kappa shape index (κ2) is 9.54. The number of thioether (sulfide) groups is 1. The Balaban J connectivity index is 1.46. The Kier molecular flexibility index (Phi) is 6.57. The first kappa shape index (κ1) is 22.0. The maximum absolute atomic E-state index is 12.4. The fourth-order valence-electron chi connectivity index (χ4n) is 3.26. The van der Waals surface area contributed by atoms with Crippen molar-refractivity contribution in [3.8, 4) is 17.1 Å². The lowest BCUT2D eigenvalue weighted by atomic mass is 10.1. The summed E-state index contributed by atoms with van der Waals surface area (Å²) < 4.78 is 5.19. The van der Waals surface area contributed by atoms with Gasteiger partial charge in [0.25, 0.3) is 0 Å². The summed E-state index contributed by atoms with van der Waals surface area (Å²) in [6.07, 6.45) is 0. The van der Waals surface area contributed by atoms with E-state index < -0.39 is 0 Å². The molecule has 0 fully saturated rings. The van der Waals surface area contributed by atoms with Crippen LogP contribution in [0.1, 0.15) is 23.7 Å². The molecule has 0 aliphatic rings. The van der Waals surface area contributed by atoms with Crippen LogP contribution in [0.3, 0.4) is 0 Å². The highest BCUT2D eigenvalue weighted by atomic mass is 32.2. The number of nitrogens with zero attached hydrogens (tertiary/aromatic N) is 4. The zero-order valence-electron chi connectivity index (χ0n) is 18.2. The Labute approximate surface area is 194 Å². The Bertz CT molecular complexity index is 1230. The third-order valence-electron chi connectivity index (χ3n) is 4.82. The van der Waals surface area contributed by atoms with Crippen molar-refractivity contribution < 1.29 is 9.53 Å². The van der Waals surface area contributed by atoms with Crippen LogP contribution >= 0.6 is 23.1 Å². The average molecular weight is 466 g/mol. The monoisotopic (exact) mass is 465 g/mol. The SMILES string of the molecule is COc1ccc(-c2nc(SCc3csc(N(C(C)=O)c4ccc(C)cc4C)n3)n[nH]2)cc1. The van der Waals surface area contributed by atoms with Crippen molar-refractivity contribution in [3.05, 3.63) is 64.7 Å². The molecule has 7 nitrogen and oxygen atoms in total. The molecule has 0 aliphatic heterocycles. The van der Waals surface area contributed by atoms with Crippen LogP contribution in [0, 0.1) is 13.8 Å². The van der Waals surface area contributed by atoms with Gasteiger partial charge in [0.15, 0.2) is 11.0 Å². The van der Waals surface area contributed by atoms with E-state index in [-0.39, 0.29) is 5.91 Å². The molecule has 32 heavy (non-hydrogen) atoms. The lowest BCUT2D eigenvalue weighted by Gasteiger charge is -2.20. The van der Waals surface area contributed by atoms with Gasteiger partial charge in [-0.15, -0.1) is 16.4 Å². The number of methoxy groups -OCH3 is 1. The number of carbonyl (C=O) groups is 1. The van der Waals surface area contributed by atoms with Crippen molar-refractivity contribution in [2.45, 2.75) is 31.7 Å². The Morgan fingerprint density at radius 3 is 2.62 bits per heavy atom. The van der Waals surface area contributed by atoms with Gasteiger partial charge in [0.2, 0.25) is 11.1 Å². The number of aryl methyl sites for hydroxylation is 2. The zero-order chi connectivity index (χ0) is 22.7. The van der Waals surface area contributed by atoms with Crippen molar-refractivity contribution in [1.82, 2.24) is 20.2 Å². The third kappa shape index (κ3) is 4.84. The van der Waals surface area contributed by atoms with Crippen molar-refractivity contribution in [3.63, 3.8) is 0 Å². The quantitative estimate of drug-likeness (QED) is 0.361. The summed E-state index contributed by atoms with van der Waals surface area (Å²) in [4.78, 5) is 23.3. The second-order valence-corrected chi connectivity index (χ2v) is 9.03. The first-order valence-electron chi connectivity index (χ1n) is 9.96. The van der Waals surface area contributed by atoms with Crippen LogP contribution in [-0.4, -0.2) is 33.2 Å². The van der Waals surface area contributed by atoms with Gasteiger partial charge >= 0.3 is 0 Å². The van der Waals surface area contributed by atoms with Gasteiger partial charge in [-0.2, -0.15) is 0 Å². The topological polar surface area (TPSA) is 84.0 Å². The molecule has 4 rings (SSSR count). The number of hydrogen-bond acceptors (Lipinski definition) is 7. The van der Waals surface area contributed by atoms with Gasteiger partial charge in [-0.05, 0) is 49.7 Å². The van der Waals surface area contributed by atoms with Crippen molar-refractivity contribution in [2.24, 2.45) is 0 Å². The number of thiazole rings is 1. The minimum Gasteiger partial charge on any atom is -0.497 e. The number of rotatable bonds is 7. The first-order valence-corrected chi connectivity index (χ1v) is 11.8. The molecule has 0 spiro atoms. The van der Waals surface area contributed by atoms with E-state index in [1.165, 1.54) is 23.1 Å². The predicted molar refractivity (Wildman–Crippen MR) is 129 cm³/mol. The van der Waals surface area contributed by atoms with E-state index in [4.69, 9.17) is 9.72 Å². The molecule has 0 bridgehead atoms. The highest BCUT2D eigenvalue weighted by Crippen LogP contribution is 2.33. The van der Waals surface area contributed by atoms with Crippen molar-refractivity contribution >= 4 is 39.8 Å². The van der Waals surface area contributed by atoms with Gasteiger partial charge in [0.05, 0.1) is 18.5 Å². The van der Waals surface area contributed by atoms with Gasteiger partial charge in [0.1, 0.15) is 5.75 Å². The van der Waals surface area contributed by atoms with Crippen molar-refractivity contribution in [2.75, 3.05) is 12.0 Å². The van der Waals surface area contributed by atoms with Gasteiger partial charge in [-0.3, -0.25) is 14.8 Å². The van der Waals surface area contributed by atoms with E-state index in [9.17, 15) is 4.79 Å². The number of carbonyl (C=O) groups excluding carboxylic acids is 1. The smallest absolute Gasteiger partial charge is 0.230 e. The van der Waals surface area contributed by atoms with E-state index in [1.54, 1.807) is 18.9 Å². The molecule has 9 heteroatoms. The summed E-state index contributed by atoms with van der Waals surface area (Å²) in [5, 5.41) is 10.5. The fraction of sp³-hybridized carbons (Fsp3) is 0.217. The van der Waals surface area contributed by atoms with Crippen LogP contribution in [0.4, 0.5) is 10.8 Å². The number of anilines is 2. The Morgan fingerprint density at radius 2 is 1.94 bits per heavy atom. The summed E-state index contributed by atoms with van der Waals surface area (Å²) >= 11 is 2.95. The molecule has 0 saturated carbocycles. The zero-order valence-corrected chi connectivity index (χ0v) is 19.9. The van der Waals surface area contributed by atoms with Crippen LogP contribution < -0.4 is 9.64 Å². The van der Waals surface area contributed by atoms with Crippen molar-refractivity contribution in [1.29, 1.82) is 0 Å².